The van der Waals surface area contributed by atoms with Crippen LogP contribution in [0.3, 0.4) is 0 Å². The number of esters is 1. The topological polar surface area (TPSA) is 72.5 Å². The van der Waals surface area contributed by atoms with Crippen molar-refractivity contribution in [1.29, 1.82) is 0 Å². The highest BCUT2D eigenvalue weighted by molar-refractivity contribution is 6.35. The quantitative estimate of drug-likeness (QED) is 0.639. The van der Waals surface area contributed by atoms with E-state index in [1.165, 1.54) is 12.1 Å². The van der Waals surface area contributed by atoms with E-state index in [-0.39, 0.29) is 0 Å². The minimum Gasteiger partial charge on any atom is -0.452 e. The summed E-state index contributed by atoms with van der Waals surface area (Å²) in [5.41, 5.74) is 0.908. The first-order valence-corrected chi connectivity index (χ1v) is 7.90. The second kappa shape index (κ2) is 9.01. The van der Waals surface area contributed by atoms with Gasteiger partial charge in [0.2, 0.25) is 0 Å². The van der Waals surface area contributed by atoms with Crippen LogP contribution in [0.2, 0.25) is 10.0 Å². The van der Waals surface area contributed by atoms with Crippen LogP contribution in [0.4, 0.5) is 0 Å². The summed E-state index contributed by atoms with van der Waals surface area (Å²) in [6.45, 7) is -0.573. The first-order valence-electron chi connectivity index (χ1n) is 7.15. The van der Waals surface area contributed by atoms with Crippen molar-refractivity contribution < 1.29 is 19.1 Å². The Morgan fingerprint density at radius 1 is 1.04 bits per heavy atom. The molecule has 0 aromatic heterocycles. The maximum atomic E-state index is 11.8. The Kier molecular flexibility index (Phi) is 6.74. The molecular weight excluding hydrogens is 365 g/mol. The molecule has 0 atom stereocenters. The van der Waals surface area contributed by atoms with Gasteiger partial charge in [-0.15, -0.1) is 0 Å². The van der Waals surface area contributed by atoms with Crippen molar-refractivity contribution in [3.05, 3.63) is 75.8 Å². The highest BCUT2D eigenvalue weighted by atomic mass is 35.5. The summed E-state index contributed by atoms with van der Waals surface area (Å²) in [6, 6.07) is 13.0. The van der Waals surface area contributed by atoms with Crippen molar-refractivity contribution in [2.24, 2.45) is 0 Å². The van der Waals surface area contributed by atoms with Crippen molar-refractivity contribution in [2.45, 2.75) is 0 Å². The van der Waals surface area contributed by atoms with Crippen LogP contribution in [0, 0.1) is 0 Å². The third-order valence-corrected chi connectivity index (χ3v) is 3.56. The average Bonchev–Trinajstić information content (AvgIpc) is 2.60. The van der Waals surface area contributed by atoms with Crippen LogP contribution < -0.4 is 5.32 Å². The summed E-state index contributed by atoms with van der Waals surface area (Å²) in [7, 11) is 0. The molecule has 0 aliphatic rings. The minimum absolute atomic E-state index is 0.333. The third kappa shape index (κ3) is 6.06. The van der Waals surface area contributed by atoms with Crippen molar-refractivity contribution in [3.8, 4) is 0 Å². The smallest absolute Gasteiger partial charge is 0.331 e. The van der Waals surface area contributed by atoms with E-state index in [0.29, 0.717) is 21.2 Å². The van der Waals surface area contributed by atoms with Gasteiger partial charge in [0.1, 0.15) is 0 Å². The first-order chi connectivity index (χ1) is 12.0. The van der Waals surface area contributed by atoms with Crippen LogP contribution in [0.1, 0.15) is 15.9 Å². The predicted octanol–water partition coefficient (Wildman–Crippen LogP) is 3.51. The average molecular weight is 378 g/mol. The number of nitrogens with one attached hydrogen (secondary N) is 1. The fourth-order valence-electron chi connectivity index (χ4n) is 1.80. The van der Waals surface area contributed by atoms with Gasteiger partial charge in [0.25, 0.3) is 11.8 Å². The normalized spacial score (nSPS) is 10.5. The van der Waals surface area contributed by atoms with Gasteiger partial charge in [-0.1, -0.05) is 47.5 Å². The lowest BCUT2D eigenvalue weighted by Crippen LogP contribution is -2.33. The number of rotatable bonds is 5. The molecule has 128 valence electrons. The van der Waals surface area contributed by atoms with Gasteiger partial charge in [-0.05, 0) is 35.9 Å². The van der Waals surface area contributed by atoms with Crippen LogP contribution in [0.15, 0.2) is 54.6 Å². The van der Waals surface area contributed by atoms with Crippen LogP contribution in [0.25, 0.3) is 6.08 Å². The Morgan fingerprint density at radius 2 is 1.76 bits per heavy atom. The van der Waals surface area contributed by atoms with E-state index >= 15 is 0 Å². The monoisotopic (exact) mass is 377 g/mol. The summed E-state index contributed by atoms with van der Waals surface area (Å²) in [5.74, 6) is -2.03. The highest BCUT2D eigenvalue weighted by Crippen LogP contribution is 2.21. The van der Waals surface area contributed by atoms with Crippen molar-refractivity contribution >= 4 is 47.1 Å². The molecule has 0 bridgehead atoms. The molecule has 2 aromatic carbocycles. The lowest BCUT2D eigenvalue weighted by molar-refractivity contribution is -0.143. The molecule has 25 heavy (non-hydrogen) atoms. The van der Waals surface area contributed by atoms with Crippen LogP contribution in [-0.4, -0.2) is 24.4 Å². The molecule has 7 heteroatoms. The molecule has 0 fully saturated rings. The van der Waals surface area contributed by atoms with E-state index < -0.39 is 24.4 Å². The summed E-state index contributed by atoms with van der Waals surface area (Å²) in [5, 5.41) is 2.98. The van der Waals surface area contributed by atoms with Crippen molar-refractivity contribution in [3.63, 3.8) is 0 Å². The summed E-state index contributed by atoms with van der Waals surface area (Å²) in [4.78, 5) is 35.0. The Labute approximate surface area is 154 Å². The van der Waals surface area contributed by atoms with Gasteiger partial charge in [0.05, 0.1) is 0 Å². The van der Waals surface area contributed by atoms with Gasteiger partial charge in [0.15, 0.2) is 6.61 Å². The second-order valence-corrected chi connectivity index (χ2v) is 5.69. The van der Waals surface area contributed by atoms with Gasteiger partial charge in [-0.25, -0.2) is 4.79 Å². The fraction of sp³-hybridized carbons (Fsp3) is 0.0556. The Balaban J connectivity index is 1.82. The zero-order valence-electron chi connectivity index (χ0n) is 12.9. The van der Waals surface area contributed by atoms with E-state index in [2.05, 4.69) is 5.32 Å². The number of amides is 2. The van der Waals surface area contributed by atoms with Gasteiger partial charge < -0.3 is 4.74 Å². The number of carbonyl (C=O) groups excluding carboxylic acids is 3. The van der Waals surface area contributed by atoms with Crippen LogP contribution >= 0.6 is 23.2 Å². The van der Waals surface area contributed by atoms with Crippen LogP contribution in [0.5, 0.6) is 0 Å². The number of hydrogen-bond donors (Lipinski definition) is 1. The molecule has 0 radical (unpaired) electrons. The Bertz CT molecular complexity index is 819. The van der Waals surface area contributed by atoms with Gasteiger partial charge in [-0.2, -0.15) is 0 Å². The predicted molar refractivity (Wildman–Crippen MR) is 95.4 cm³/mol. The molecule has 0 unspecified atom stereocenters. The van der Waals surface area contributed by atoms with E-state index in [1.807, 2.05) is 0 Å². The lowest BCUT2D eigenvalue weighted by atomic mass is 10.2. The Morgan fingerprint density at radius 3 is 2.44 bits per heavy atom. The zero-order valence-corrected chi connectivity index (χ0v) is 14.4. The van der Waals surface area contributed by atoms with E-state index in [4.69, 9.17) is 27.9 Å². The number of benzene rings is 2. The third-order valence-electron chi connectivity index (χ3n) is 3.00. The molecule has 0 aliphatic carbocycles. The van der Waals surface area contributed by atoms with Crippen LogP contribution in [-0.2, 0) is 14.3 Å². The molecule has 0 saturated heterocycles. The maximum Gasteiger partial charge on any atom is 0.331 e. The van der Waals surface area contributed by atoms with E-state index in [1.54, 1.807) is 42.5 Å². The number of ether oxygens (including phenoxy) is 1. The first kappa shape index (κ1) is 18.7. The lowest BCUT2D eigenvalue weighted by Gasteiger charge is -2.04. The largest absolute Gasteiger partial charge is 0.452 e. The molecule has 0 aliphatic heterocycles. The van der Waals surface area contributed by atoms with E-state index in [9.17, 15) is 14.4 Å². The Hall–Kier alpha value is -2.63. The highest BCUT2D eigenvalue weighted by Gasteiger charge is 2.11. The van der Waals surface area contributed by atoms with E-state index in [0.717, 1.165) is 6.08 Å². The summed E-state index contributed by atoms with van der Waals surface area (Å²) >= 11 is 11.7. The zero-order chi connectivity index (χ0) is 18.2. The molecule has 0 heterocycles. The standard InChI is InChI=1S/C18H13Cl2NO4/c19-14-8-6-12(15(20)10-14)7-9-17(23)25-11-16(22)21-18(24)13-4-2-1-3-5-13/h1-10H,11H2,(H,21,22,24)/b9-7+. The molecule has 2 amide bonds. The summed E-state index contributed by atoms with van der Waals surface area (Å²) in [6.07, 6.45) is 2.56. The number of carbonyl (C=O) groups is 3. The molecule has 2 rings (SSSR count). The molecular formula is C18H13Cl2NO4. The number of halogens is 2. The molecule has 5 nitrogen and oxygen atoms in total. The van der Waals surface area contributed by atoms with Gasteiger partial charge in [-0.3, -0.25) is 14.9 Å². The molecule has 1 N–H and O–H groups in total. The number of imide groups is 1. The number of hydrogen-bond acceptors (Lipinski definition) is 4. The van der Waals surface area contributed by atoms with Gasteiger partial charge in [0, 0.05) is 21.7 Å². The fourth-order valence-corrected chi connectivity index (χ4v) is 2.28. The molecule has 2 aromatic rings. The minimum atomic E-state index is -0.742. The second-order valence-electron chi connectivity index (χ2n) is 4.85. The SMILES string of the molecule is O=C(COC(=O)/C=C/c1ccc(Cl)cc1Cl)NC(=O)c1ccccc1. The molecule has 0 spiro atoms. The maximum absolute atomic E-state index is 11.8. The summed E-state index contributed by atoms with van der Waals surface area (Å²) < 4.78 is 4.77. The van der Waals surface area contributed by atoms with Gasteiger partial charge >= 0.3 is 5.97 Å². The van der Waals surface area contributed by atoms with Crippen molar-refractivity contribution in [1.82, 2.24) is 5.32 Å². The van der Waals surface area contributed by atoms with Crippen molar-refractivity contribution in [2.75, 3.05) is 6.61 Å². The molecule has 0 saturated carbocycles.